The first-order chi connectivity index (χ1) is 11.1. The number of para-hydroxylation sites is 1. The first-order valence-corrected chi connectivity index (χ1v) is 8.60. The van der Waals surface area contributed by atoms with Crippen molar-refractivity contribution in [3.8, 4) is 0 Å². The van der Waals surface area contributed by atoms with E-state index in [1.807, 2.05) is 19.1 Å². The fourth-order valence-corrected chi connectivity index (χ4v) is 2.78. The summed E-state index contributed by atoms with van der Waals surface area (Å²) >= 11 is 0. The van der Waals surface area contributed by atoms with Gasteiger partial charge in [0.05, 0.1) is 6.42 Å². The number of rotatable bonds is 7. The van der Waals surface area contributed by atoms with Crippen molar-refractivity contribution < 1.29 is 4.79 Å². The highest BCUT2D eigenvalue weighted by Crippen LogP contribution is 2.21. The molecule has 0 aliphatic heterocycles. The van der Waals surface area contributed by atoms with E-state index < -0.39 is 0 Å². The van der Waals surface area contributed by atoms with Gasteiger partial charge in [0.2, 0.25) is 5.91 Å². The molecule has 0 radical (unpaired) electrons. The summed E-state index contributed by atoms with van der Waals surface area (Å²) in [7, 11) is 0. The molecule has 0 spiro atoms. The number of carbonyl (C=O) groups is 1. The molecular weight excluding hydrogens is 282 g/mol. The second-order valence-electron chi connectivity index (χ2n) is 6.11. The van der Waals surface area contributed by atoms with E-state index >= 15 is 0 Å². The first kappa shape index (κ1) is 17.3. The van der Waals surface area contributed by atoms with Crippen LogP contribution in [0.4, 0.5) is 5.69 Å². The Hall–Kier alpha value is -2.09. The minimum absolute atomic E-state index is 0.0512. The number of carbonyl (C=O) groups excluding carboxylic acids is 1. The SMILES string of the molecule is CCCCc1ccc(CC(=O)Nc2c(C)cccc2CC)cc1. The molecular formula is C21H27NO. The minimum Gasteiger partial charge on any atom is -0.325 e. The fraction of sp³-hybridized carbons (Fsp3) is 0.381. The lowest BCUT2D eigenvalue weighted by molar-refractivity contribution is -0.115. The van der Waals surface area contributed by atoms with Crippen LogP contribution in [-0.2, 0) is 24.1 Å². The minimum atomic E-state index is 0.0512. The lowest BCUT2D eigenvalue weighted by Gasteiger charge is -2.13. The summed E-state index contributed by atoms with van der Waals surface area (Å²) in [5.74, 6) is 0.0512. The molecule has 0 aromatic heterocycles. The number of nitrogens with one attached hydrogen (secondary N) is 1. The molecule has 1 amide bonds. The van der Waals surface area contributed by atoms with Gasteiger partial charge in [0.15, 0.2) is 0 Å². The molecule has 0 aliphatic carbocycles. The van der Waals surface area contributed by atoms with Gasteiger partial charge in [0, 0.05) is 5.69 Å². The molecule has 2 rings (SSSR count). The summed E-state index contributed by atoms with van der Waals surface area (Å²) in [5, 5.41) is 3.09. The normalized spacial score (nSPS) is 10.6. The van der Waals surface area contributed by atoms with Crippen LogP contribution in [0.2, 0.25) is 0 Å². The van der Waals surface area contributed by atoms with Crippen molar-refractivity contribution >= 4 is 11.6 Å². The molecule has 0 fully saturated rings. The Morgan fingerprint density at radius 3 is 2.35 bits per heavy atom. The van der Waals surface area contributed by atoms with Gasteiger partial charge in [-0.25, -0.2) is 0 Å². The average Bonchev–Trinajstić information content (AvgIpc) is 2.56. The van der Waals surface area contributed by atoms with Crippen molar-refractivity contribution in [2.75, 3.05) is 5.32 Å². The zero-order valence-electron chi connectivity index (χ0n) is 14.5. The molecule has 0 bridgehead atoms. The highest BCUT2D eigenvalue weighted by atomic mass is 16.1. The summed E-state index contributed by atoms with van der Waals surface area (Å²) in [5.41, 5.74) is 5.69. The van der Waals surface area contributed by atoms with E-state index in [1.165, 1.54) is 24.0 Å². The van der Waals surface area contributed by atoms with Crippen molar-refractivity contribution in [3.63, 3.8) is 0 Å². The molecule has 2 aromatic carbocycles. The zero-order chi connectivity index (χ0) is 16.7. The standard InChI is InChI=1S/C21H27NO/c1-4-6-9-17-11-13-18(14-12-17)15-20(23)22-21-16(3)8-7-10-19(21)5-2/h7-8,10-14H,4-6,9,15H2,1-3H3,(H,22,23). The Balaban J connectivity index is 2.00. The maximum atomic E-state index is 12.3. The van der Waals surface area contributed by atoms with E-state index in [-0.39, 0.29) is 5.91 Å². The first-order valence-electron chi connectivity index (χ1n) is 8.60. The van der Waals surface area contributed by atoms with Crippen LogP contribution in [0.5, 0.6) is 0 Å². The van der Waals surface area contributed by atoms with Gasteiger partial charge in [0.1, 0.15) is 0 Å². The van der Waals surface area contributed by atoms with Crippen LogP contribution >= 0.6 is 0 Å². The van der Waals surface area contributed by atoms with Crippen LogP contribution < -0.4 is 5.32 Å². The topological polar surface area (TPSA) is 29.1 Å². The summed E-state index contributed by atoms with van der Waals surface area (Å²) in [6, 6.07) is 14.6. The summed E-state index contributed by atoms with van der Waals surface area (Å²) < 4.78 is 0. The number of benzene rings is 2. The fourth-order valence-electron chi connectivity index (χ4n) is 2.78. The molecule has 0 heterocycles. The molecule has 2 aromatic rings. The molecule has 1 N–H and O–H groups in total. The van der Waals surface area contributed by atoms with E-state index in [9.17, 15) is 4.79 Å². The van der Waals surface area contributed by atoms with Crippen LogP contribution in [0.25, 0.3) is 0 Å². The number of anilines is 1. The van der Waals surface area contributed by atoms with Crippen molar-refractivity contribution in [3.05, 3.63) is 64.7 Å². The highest BCUT2D eigenvalue weighted by Gasteiger charge is 2.09. The third kappa shape index (κ3) is 4.95. The Kier molecular flexibility index (Phi) is 6.40. The van der Waals surface area contributed by atoms with Gasteiger partial charge in [-0.3, -0.25) is 4.79 Å². The lowest BCUT2D eigenvalue weighted by Crippen LogP contribution is -2.16. The van der Waals surface area contributed by atoms with Crippen LogP contribution in [0.15, 0.2) is 42.5 Å². The quantitative estimate of drug-likeness (QED) is 0.759. The maximum Gasteiger partial charge on any atom is 0.228 e. The van der Waals surface area contributed by atoms with Crippen molar-refractivity contribution in [1.29, 1.82) is 0 Å². The van der Waals surface area contributed by atoms with Gasteiger partial charge in [0.25, 0.3) is 0 Å². The Morgan fingerprint density at radius 1 is 1.00 bits per heavy atom. The van der Waals surface area contributed by atoms with Crippen LogP contribution in [0, 0.1) is 6.92 Å². The predicted octanol–water partition coefficient (Wildman–Crippen LogP) is 5.08. The van der Waals surface area contributed by atoms with E-state index in [0.717, 1.165) is 29.7 Å². The molecule has 122 valence electrons. The molecule has 0 saturated heterocycles. The number of aryl methyl sites for hydroxylation is 3. The van der Waals surface area contributed by atoms with Crippen molar-refractivity contribution in [1.82, 2.24) is 0 Å². The number of hydrogen-bond acceptors (Lipinski definition) is 1. The predicted molar refractivity (Wildman–Crippen MR) is 97.9 cm³/mol. The van der Waals surface area contributed by atoms with Gasteiger partial charge in [-0.15, -0.1) is 0 Å². The van der Waals surface area contributed by atoms with E-state index in [2.05, 4.69) is 49.5 Å². The maximum absolute atomic E-state index is 12.3. The summed E-state index contributed by atoms with van der Waals surface area (Å²) in [6.07, 6.45) is 4.88. The molecule has 0 saturated carbocycles. The van der Waals surface area contributed by atoms with E-state index in [1.54, 1.807) is 0 Å². The van der Waals surface area contributed by atoms with Gasteiger partial charge < -0.3 is 5.32 Å². The molecule has 0 atom stereocenters. The van der Waals surface area contributed by atoms with Crippen molar-refractivity contribution in [2.45, 2.75) is 52.9 Å². The van der Waals surface area contributed by atoms with E-state index in [0.29, 0.717) is 6.42 Å². The molecule has 2 heteroatoms. The monoisotopic (exact) mass is 309 g/mol. The van der Waals surface area contributed by atoms with Gasteiger partial charge in [-0.2, -0.15) is 0 Å². The van der Waals surface area contributed by atoms with Crippen LogP contribution in [0.3, 0.4) is 0 Å². The lowest BCUT2D eigenvalue weighted by atomic mass is 10.0. The second-order valence-corrected chi connectivity index (χ2v) is 6.11. The highest BCUT2D eigenvalue weighted by molar-refractivity contribution is 5.93. The molecule has 23 heavy (non-hydrogen) atoms. The summed E-state index contributed by atoms with van der Waals surface area (Å²) in [6.45, 7) is 6.35. The zero-order valence-corrected chi connectivity index (χ0v) is 14.5. The number of hydrogen-bond donors (Lipinski definition) is 1. The van der Waals surface area contributed by atoms with Gasteiger partial charge >= 0.3 is 0 Å². The average molecular weight is 309 g/mol. The van der Waals surface area contributed by atoms with Crippen LogP contribution in [-0.4, -0.2) is 5.91 Å². The number of unbranched alkanes of at least 4 members (excludes halogenated alkanes) is 1. The molecule has 0 unspecified atom stereocenters. The summed E-state index contributed by atoms with van der Waals surface area (Å²) in [4.78, 5) is 12.3. The van der Waals surface area contributed by atoms with Crippen molar-refractivity contribution in [2.24, 2.45) is 0 Å². The molecule has 2 nitrogen and oxygen atoms in total. The molecule has 0 aliphatic rings. The smallest absolute Gasteiger partial charge is 0.228 e. The van der Waals surface area contributed by atoms with Gasteiger partial charge in [-0.05, 0) is 48.4 Å². The Labute approximate surface area is 139 Å². The largest absolute Gasteiger partial charge is 0.325 e. The van der Waals surface area contributed by atoms with E-state index in [4.69, 9.17) is 0 Å². The third-order valence-electron chi connectivity index (χ3n) is 4.21. The van der Waals surface area contributed by atoms with Gasteiger partial charge in [-0.1, -0.05) is 62.7 Å². The third-order valence-corrected chi connectivity index (χ3v) is 4.21. The Morgan fingerprint density at radius 2 is 1.70 bits per heavy atom. The number of amides is 1. The second kappa shape index (κ2) is 8.52. The van der Waals surface area contributed by atoms with Crippen LogP contribution in [0.1, 0.15) is 48.9 Å². The Bertz CT molecular complexity index is 643.